The van der Waals surface area contributed by atoms with Gasteiger partial charge in [0, 0.05) is 6.04 Å². The number of aliphatic hydroxyl groups excluding tert-OH is 1. The second-order valence-electron chi connectivity index (χ2n) is 3.88. The Bertz CT molecular complexity index is 161. The Morgan fingerprint density at radius 2 is 1.93 bits per heavy atom. The molecule has 92 valence electrons. The number of aliphatic hydroxyl groups is 1. The van der Waals surface area contributed by atoms with E-state index in [1.807, 2.05) is 6.92 Å². The van der Waals surface area contributed by atoms with Crippen molar-refractivity contribution in [1.29, 1.82) is 0 Å². The van der Waals surface area contributed by atoms with Crippen LogP contribution in [-0.4, -0.2) is 30.0 Å². The van der Waals surface area contributed by atoms with Gasteiger partial charge in [-0.15, -0.1) is 0 Å². The molecule has 0 aromatic rings. The summed E-state index contributed by atoms with van der Waals surface area (Å²) < 4.78 is 35.8. The van der Waals surface area contributed by atoms with Gasteiger partial charge in [0.1, 0.15) is 0 Å². The smallest absolute Gasteiger partial charge is 0.390 e. The van der Waals surface area contributed by atoms with Crippen molar-refractivity contribution < 1.29 is 18.3 Å². The molecule has 0 aromatic carbocycles. The van der Waals surface area contributed by atoms with Crippen LogP contribution in [-0.2, 0) is 0 Å². The second-order valence-corrected chi connectivity index (χ2v) is 3.88. The number of alkyl halides is 3. The molecule has 2 nitrogen and oxygen atoms in total. The van der Waals surface area contributed by atoms with Crippen molar-refractivity contribution in [2.75, 3.05) is 6.54 Å². The highest BCUT2D eigenvalue weighted by atomic mass is 19.4. The van der Waals surface area contributed by atoms with Gasteiger partial charge in [0.2, 0.25) is 0 Å². The van der Waals surface area contributed by atoms with Gasteiger partial charge < -0.3 is 10.4 Å². The van der Waals surface area contributed by atoms with Gasteiger partial charge in [-0.3, -0.25) is 0 Å². The molecule has 2 atom stereocenters. The fraction of sp³-hybridized carbons (Fsp3) is 1.00. The van der Waals surface area contributed by atoms with Gasteiger partial charge in [-0.05, 0) is 32.7 Å². The highest BCUT2D eigenvalue weighted by Crippen LogP contribution is 2.21. The highest BCUT2D eigenvalue weighted by Gasteiger charge is 2.29. The zero-order valence-electron chi connectivity index (χ0n) is 9.27. The summed E-state index contributed by atoms with van der Waals surface area (Å²) in [5.41, 5.74) is 0. The molecule has 0 aliphatic heterocycles. The van der Waals surface area contributed by atoms with Gasteiger partial charge in [0.15, 0.2) is 0 Å². The van der Waals surface area contributed by atoms with Crippen LogP contribution in [0.5, 0.6) is 0 Å². The Morgan fingerprint density at radius 1 is 1.33 bits per heavy atom. The summed E-state index contributed by atoms with van der Waals surface area (Å²) in [5.74, 6) is 0. The van der Waals surface area contributed by atoms with Gasteiger partial charge in [-0.1, -0.05) is 6.92 Å². The minimum absolute atomic E-state index is 0.329. The van der Waals surface area contributed by atoms with E-state index in [1.54, 1.807) is 0 Å². The number of hydrogen-bond acceptors (Lipinski definition) is 2. The lowest BCUT2D eigenvalue weighted by Crippen LogP contribution is -2.32. The summed E-state index contributed by atoms with van der Waals surface area (Å²) >= 11 is 0. The first kappa shape index (κ1) is 14.7. The van der Waals surface area contributed by atoms with E-state index in [9.17, 15) is 18.3 Å². The van der Waals surface area contributed by atoms with Crippen molar-refractivity contribution in [3.63, 3.8) is 0 Å². The lowest BCUT2D eigenvalue weighted by atomic mass is 10.1. The monoisotopic (exact) mass is 227 g/mol. The van der Waals surface area contributed by atoms with Crippen molar-refractivity contribution in [3.05, 3.63) is 0 Å². The molecular weight excluding hydrogens is 207 g/mol. The number of hydrogen-bond donors (Lipinski definition) is 2. The van der Waals surface area contributed by atoms with Crippen LogP contribution in [0.4, 0.5) is 13.2 Å². The van der Waals surface area contributed by atoms with E-state index >= 15 is 0 Å². The number of rotatable bonds is 7. The minimum Gasteiger partial charge on any atom is -0.393 e. The molecule has 0 aromatic heterocycles. The van der Waals surface area contributed by atoms with E-state index < -0.39 is 18.6 Å². The molecular formula is C10H20F3NO. The Morgan fingerprint density at radius 3 is 2.40 bits per heavy atom. The molecule has 0 heterocycles. The minimum atomic E-state index is -4.10. The third-order valence-electron chi connectivity index (χ3n) is 2.22. The van der Waals surface area contributed by atoms with Crippen LogP contribution >= 0.6 is 0 Å². The fourth-order valence-corrected chi connectivity index (χ4v) is 1.31. The van der Waals surface area contributed by atoms with Crippen molar-refractivity contribution in [2.24, 2.45) is 0 Å². The summed E-state index contributed by atoms with van der Waals surface area (Å²) in [6.45, 7) is 3.92. The zero-order valence-corrected chi connectivity index (χ0v) is 9.27. The van der Waals surface area contributed by atoms with Crippen LogP contribution in [0.1, 0.15) is 39.5 Å². The van der Waals surface area contributed by atoms with Crippen molar-refractivity contribution in [1.82, 2.24) is 5.32 Å². The average Bonchev–Trinajstić information content (AvgIpc) is 2.09. The summed E-state index contributed by atoms with van der Waals surface area (Å²) in [6.07, 6.45) is -3.19. The normalized spacial score (nSPS) is 16.4. The Kier molecular flexibility index (Phi) is 6.92. The van der Waals surface area contributed by atoms with Gasteiger partial charge in [-0.25, -0.2) is 0 Å². The van der Waals surface area contributed by atoms with Crippen LogP contribution in [0.3, 0.4) is 0 Å². The molecule has 2 unspecified atom stereocenters. The Balaban J connectivity index is 3.43. The molecule has 0 amide bonds. The predicted octanol–water partition coefficient (Wildman–Crippen LogP) is 2.47. The average molecular weight is 227 g/mol. The third kappa shape index (κ3) is 10.0. The predicted molar refractivity (Wildman–Crippen MR) is 53.7 cm³/mol. The first-order valence-electron chi connectivity index (χ1n) is 5.33. The maximum Gasteiger partial charge on any atom is 0.390 e. The molecule has 15 heavy (non-hydrogen) atoms. The fourth-order valence-electron chi connectivity index (χ4n) is 1.31. The SMILES string of the molecule is CCC(O)CCCNC(C)CC(F)(F)F. The molecule has 0 radical (unpaired) electrons. The van der Waals surface area contributed by atoms with Crippen LogP contribution in [0.2, 0.25) is 0 Å². The first-order valence-corrected chi connectivity index (χ1v) is 5.33. The van der Waals surface area contributed by atoms with E-state index in [1.165, 1.54) is 6.92 Å². The van der Waals surface area contributed by atoms with Crippen LogP contribution < -0.4 is 5.32 Å². The lowest BCUT2D eigenvalue weighted by Gasteiger charge is -2.16. The van der Waals surface area contributed by atoms with Gasteiger partial charge in [-0.2, -0.15) is 13.2 Å². The van der Waals surface area contributed by atoms with Crippen LogP contribution in [0.25, 0.3) is 0 Å². The lowest BCUT2D eigenvalue weighted by molar-refractivity contribution is -0.139. The highest BCUT2D eigenvalue weighted by molar-refractivity contribution is 4.66. The van der Waals surface area contributed by atoms with Gasteiger partial charge in [0.05, 0.1) is 12.5 Å². The van der Waals surface area contributed by atoms with E-state index in [4.69, 9.17) is 0 Å². The molecule has 0 saturated heterocycles. The molecule has 0 rings (SSSR count). The molecule has 0 spiro atoms. The third-order valence-corrected chi connectivity index (χ3v) is 2.22. The maximum absolute atomic E-state index is 11.9. The molecule has 0 saturated carbocycles. The molecule has 5 heteroatoms. The topological polar surface area (TPSA) is 32.3 Å². The molecule has 0 fully saturated rings. The quantitative estimate of drug-likeness (QED) is 0.655. The van der Waals surface area contributed by atoms with E-state index in [-0.39, 0.29) is 6.10 Å². The van der Waals surface area contributed by atoms with Crippen LogP contribution in [0.15, 0.2) is 0 Å². The Labute approximate surface area is 88.9 Å². The molecule has 2 N–H and O–H groups in total. The van der Waals surface area contributed by atoms with Gasteiger partial charge in [0.25, 0.3) is 0 Å². The van der Waals surface area contributed by atoms with Crippen molar-refractivity contribution >= 4 is 0 Å². The largest absolute Gasteiger partial charge is 0.393 e. The molecule has 0 bridgehead atoms. The van der Waals surface area contributed by atoms with Crippen LogP contribution in [0, 0.1) is 0 Å². The second kappa shape index (κ2) is 7.06. The summed E-state index contributed by atoms with van der Waals surface area (Å²) in [5, 5.41) is 12.0. The zero-order chi connectivity index (χ0) is 11.9. The summed E-state index contributed by atoms with van der Waals surface area (Å²) in [6, 6.07) is -0.552. The van der Waals surface area contributed by atoms with E-state index in [0.29, 0.717) is 25.8 Å². The Hall–Kier alpha value is -0.290. The summed E-state index contributed by atoms with van der Waals surface area (Å²) in [7, 11) is 0. The van der Waals surface area contributed by atoms with Gasteiger partial charge >= 0.3 is 6.18 Å². The maximum atomic E-state index is 11.9. The number of halogens is 3. The van der Waals surface area contributed by atoms with Crippen molar-refractivity contribution in [3.8, 4) is 0 Å². The number of nitrogens with one attached hydrogen (secondary N) is 1. The van der Waals surface area contributed by atoms with E-state index in [2.05, 4.69) is 5.32 Å². The van der Waals surface area contributed by atoms with Crippen molar-refractivity contribution in [2.45, 2.75) is 57.9 Å². The summed E-state index contributed by atoms with van der Waals surface area (Å²) in [4.78, 5) is 0. The van der Waals surface area contributed by atoms with E-state index in [0.717, 1.165) is 0 Å². The molecule has 0 aliphatic rings. The first-order chi connectivity index (χ1) is 6.85. The molecule has 0 aliphatic carbocycles. The standard InChI is InChI=1S/C10H20F3NO/c1-3-9(15)5-4-6-14-8(2)7-10(11,12)13/h8-9,14-15H,3-7H2,1-2H3.